The number of carbonyl (C=O) groups is 1. The van der Waals surface area contributed by atoms with Crippen LogP contribution in [0.4, 0.5) is 10.2 Å². The Balaban J connectivity index is 1.41. The summed E-state index contributed by atoms with van der Waals surface area (Å²) in [6.45, 7) is 4.14. The van der Waals surface area contributed by atoms with E-state index in [1.165, 1.54) is 23.0 Å². The van der Waals surface area contributed by atoms with Gasteiger partial charge in [0, 0.05) is 0 Å². The van der Waals surface area contributed by atoms with Crippen LogP contribution in [0, 0.1) is 12.7 Å². The second kappa shape index (κ2) is 10.4. The predicted molar refractivity (Wildman–Crippen MR) is 122 cm³/mol. The van der Waals surface area contributed by atoms with Crippen LogP contribution in [0.2, 0.25) is 0 Å². The van der Waals surface area contributed by atoms with Crippen molar-refractivity contribution in [2.24, 2.45) is 5.10 Å². The number of nitrogens with zero attached hydrogens (tertiary/aromatic N) is 6. The largest absolute Gasteiger partial charge is 0.490 e. The van der Waals surface area contributed by atoms with Crippen molar-refractivity contribution in [2.45, 2.75) is 20.5 Å². The monoisotopic (exact) mass is 480 g/mol. The fourth-order valence-corrected chi connectivity index (χ4v) is 3.03. The number of hydrogen-bond acceptors (Lipinski definition) is 10. The highest BCUT2D eigenvalue weighted by molar-refractivity contribution is 5.94. The van der Waals surface area contributed by atoms with E-state index in [9.17, 15) is 9.18 Å². The van der Waals surface area contributed by atoms with Crippen LogP contribution in [-0.2, 0) is 6.61 Å². The fraction of sp³-hybridized carbons (Fsp3) is 0.182. The minimum absolute atomic E-state index is 0.0122. The Morgan fingerprint density at radius 2 is 2.00 bits per heavy atom. The van der Waals surface area contributed by atoms with Gasteiger partial charge in [0.2, 0.25) is 11.6 Å². The summed E-state index contributed by atoms with van der Waals surface area (Å²) in [7, 11) is 0. The first-order chi connectivity index (χ1) is 17.0. The van der Waals surface area contributed by atoms with E-state index < -0.39 is 5.91 Å². The Hall–Kier alpha value is -4.81. The molecule has 35 heavy (non-hydrogen) atoms. The van der Waals surface area contributed by atoms with Crippen molar-refractivity contribution < 1.29 is 23.3 Å². The summed E-state index contributed by atoms with van der Waals surface area (Å²) in [6, 6.07) is 11.2. The molecule has 0 atom stereocenters. The van der Waals surface area contributed by atoms with Gasteiger partial charge in [-0.3, -0.25) is 4.79 Å². The zero-order valence-electron chi connectivity index (χ0n) is 18.8. The normalized spacial score (nSPS) is 11.1. The number of nitrogen functional groups attached to an aromatic ring is 1. The maximum Gasteiger partial charge on any atom is 0.293 e. The number of nitrogens with two attached hydrogens (primary N) is 1. The van der Waals surface area contributed by atoms with Crippen molar-refractivity contribution in [3.05, 3.63) is 70.8 Å². The number of halogens is 1. The summed E-state index contributed by atoms with van der Waals surface area (Å²) >= 11 is 0. The third kappa shape index (κ3) is 5.40. The van der Waals surface area contributed by atoms with Gasteiger partial charge in [0.05, 0.1) is 18.5 Å². The number of ether oxygens (including phenoxy) is 2. The zero-order chi connectivity index (χ0) is 24.8. The van der Waals surface area contributed by atoms with Gasteiger partial charge in [-0.25, -0.2) is 14.4 Å². The third-order valence-electron chi connectivity index (χ3n) is 4.76. The molecule has 0 unspecified atom stereocenters. The molecule has 12 nitrogen and oxygen atoms in total. The second-order valence-electron chi connectivity index (χ2n) is 7.16. The maximum atomic E-state index is 13.1. The van der Waals surface area contributed by atoms with Gasteiger partial charge in [-0.2, -0.15) is 9.78 Å². The lowest BCUT2D eigenvalue weighted by atomic mass is 10.2. The molecule has 0 fully saturated rings. The summed E-state index contributed by atoms with van der Waals surface area (Å²) in [5.41, 5.74) is 9.94. The van der Waals surface area contributed by atoms with Gasteiger partial charge < -0.3 is 15.2 Å². The second-order valence-corrected chi connectivity index (χ2v) is 7.16. The van der Waals surface area contributed by atoms with E-state index in [2.05, 4.69) is 35.8 Å². The average molecular weight is 480 g/mol. The van der Waals surface area contributed by atoms with E-state index >= 15 is 0 Å². The van der Waals surface area contributed by atoms with Gasteiger partial charge >= 0.3 is 0 Å². The molecule has 4 aromatic rings. The summed E-state index contributed by atoms with van der Waals surface area (Å²) < 4.78 is 30.3. The highest BCUT2D eigenvalue weighted by atomic mass is 19.1. The lowest BCUT2D eigenvalue weighted by Gasteiger charge is -2.12. The topological polar surface area (TPSA) is 156 Å². The molecule has 0 saturated heterocycles. The SMILES string of the molecule is CCOc1cc(C=NNC(=O)c2nnn(-c3nonc3N)c2C)ccc1OCc1ccc(F)cc1. The molecule has 1 amide bonds. The van der Waals surface area contributed by atoms with Gasteiger partial charge in [0.15, 0.2) is 17.2 Å². The minimum Gasteiger partial charge on any atom is -0.490 e. The molecule has 0 aliphatic rings. The van der Waals surface area contributed by atoms with Crippen LogP contribution < -0.4 is 20.6 Å². The van der Waals surface area contributed by atoms with E-state index in [0.29, 0.717) is 29.4 Å². The number of nitrogens with one attached hydrogen (secondary N) is 1. The third-order valence-corrected chi connectivity index (χ3v) is 4.76. The fourth-order valence-electron chi connectivity index (χ4n) is 3.03. The molecule has 2 heterocycles. The Morgan fingerprint density at radius 3 is 2.71 bits per heavy atom. The molecular formula is C22H21FN8O4. The van der Waals surface area contributed by atoms with E-state index in [1.54, 1.807) is 37.3 Å². The van der Waals surface area contributed by atoms with E-state index in [0.717, 1.165) is 5.56 Å². The number of carbonyl (C=O) groups excluding carboxylic acids is 1. The van der Waals surface area contributed by atoms with Gasteiger partial charge in [0.25, 0.3) is 5.91 Å². The van der Waals surface area contributed by atoms with Crippen molar-refractivity contribution in [1.29, 1.82) is 0 Å². The average Bonchev–Trinajstić information content (AvgIpc) is 3.44. The summed E-state index contributed by atoms with van der Waals surface area (Å²) in [5.74, 6) is 0.273. The number of anilines is 1. The molecule has 180 valence electrons. The number of aromatic nitrogens is 5. The summed E-state index contributed by atoms with van der Waals surface area (Å²) in [5, 5.41) is 18.8. The van der Waals surface area contributed by atoms with E-state index in [1.807, 2.05) is 6.92 Å². The molecular weight excluding hydrogens is 459 g/mol. The molecule has 0 bridgehead atoms. The van der Waals surface area contributed by atoms with E-state index in [4.69, 9.17) is 15.2 Å². The van der Waals surface area contributed by atoms with Crippen molar-refractivity contribution in [2.75, 3.05) is 12.3 Å². The molecule has 0 spiro atoms. The number of hydrazone groups is 1. The molecule has 0 aliphatic heterocycles. The van der Waals surface area contributed by atoms with Crippen molar-refractivity contribution >= 4 is 17.9 Å². The van der Waals surface area contributed by atoms with Gasteiger partial charge in [-0.05, 0) is 65.6 Å². The molecule has 3 N–H and O–H groups in total. The van der Waals surface area contributed by atoms with Gasteiger partial charge in [-0.15, -0.1) is 5.10 Å². The first-order valence-corrected chi connectivity index (χ1v) is 10.4. The number of benzene rings is 2. The molecule has 0 saturated carbocycles. The Morgan fingerprint density at radius 1 is 1.20 bits per heavy atom. The summed E-state index contributed by atoms with van der Waals surface area (Å²) in [4.78, 5) is 12.5. The molecule has 4 rings (SSSR count). The van der Waals surface area contributed by atoms with Crippen LogP contribution in [0.3, 0.4) is 0 Å². The Kier molecular flexibility index (Phi) is 6.95. The smallest absolute Gasteiger partial charge is 0.293 e. The lowest BCUT2D eigenvalue weighted by Crippen LogP contribution is -2.19. The predicted octanol–water partition coefficient (Wildman–Crippen LogP) is 2.42. The Labute approximate surface area is 198 Å². The highest BCUT2D eigenvalue weighted by Crippen LogP contribution is 2.29. The molecule has 0 aliphatic carbocycles. The van der Waals surface area contributed by atoms with Crippen LogP contribution in [0.15, 0.2) is 52.2 Å². The van der Waals surface area contributed by atoms with Crippen LogP contribution >= 0.6 is 0 Å². The van der Waals surface area contributed by atoms with E-state index in [-0.39, 0.29) is 29.8 Å². The molecule has 2 aromatic heterocycles. The van der Waals surface area contributed by atoms with Crippen molar-refractivity contribution in [1.82, 2.24) is 30.7 Å². The van der Waals surface area contributed by atoms with Gasteiger partial charge in [0.1, 0.15) is 12.4 Å². The first kappa shape index (κ1) is 23.4. The van der Waals surface area contributed by atoms with Crippen molar-refractivity contribution in [3.63, 3.8) is 0 Å². The van der Waals surface area contributed by atoms with Crippen LogP contribution in [0.5, 0.6) is 11.5 Å². The lowest BCUT2D eigenvalue weighted by molar-refractivity contribution is 0.0949. The molecule has 0 radical (unpaired) electrons. The minimum atomic E-state index is -0.579. The molecule has 13 heteroatoms. The number of amides is 1. The Bertz CT molecular complexity index is 1350. The standard InChI is InChI=1S/C22H21FN8O4/c1-3-33-18-10-15(6-9-17(18)34-12-14-4-7-16(23)8-5-14)11-25-27-22(32)19-13(2)31(30-26-19)21-20(24)28-35-29-21/h4-11H,3,12H2,1-2H3,(H2,24,28)(H,27,32). The van der Waals surface area contributed by atoms with Crippen LogP contribution in [0.1, 0.15) is 34.2 Å². The number of rotatable bonds is 9. The van der Waals surface area contributed by atoms with Crippen molar-refractivity contribution in [3.8, 4) is 17.3 Å². The highest BCUT2D eigenvalue weighted by Gasteiger charge is 2.20. The zero-order valence-corrected chi connectivity index (χ0v) is 18.8. The van der Waals surface area contributed by atoms with Gasteiger partial charge in [-0.1, -0.05) is 17.3 Å². The quantitative estimate of drug-likeness (QED) is 0.271. The number of hydrogen-bond donors (Lipinski definition) is 2. The molecule has 2 aromatic carbocycles. The summed E-state index contributed by atoms with van der Waals surface area (Å²) in [6.07, 6.45) is 1.45. The maximum absolute atomic E-state index is 13.1. The first-order valence-electron chi connectivity index (χ1n) is 10.4. The van der Waals surface area contributed by atoms with Crippen LogP contribution in [0.25, 0.3) is 5.82 Å². The van der Waals surface area contributed by atoms with Crippen LogP contribution in [-0.4, -0.2) is 44.0 Å².